The molecule has 0 aliphatic rings. The minimum Gasteiger partial charge on any atom is -0.399 e. The predicted molar refractivity (Wildman–Crippen MR) is 74.3 cm³/mol. The molecule has 2 aromatic rings. The number of nitrogens with one attached hydrogen (secondary N) is 1. The van der Waals surface area contributed by atoms with E-state index in [1.54, 1.807) is 43.3 Å². The maximum absolute atomic E-state index is 13.6. The monoisotopic (exact) mass is 258 g/mol. The summed E-state index contributed by atoms with van der Waals surface area (Å²) in [4.78, 5) is 11.8. The summed E-state index contributed by atoms with van der Waals surface area (Å²) < 4.78 is 13.6. The Balaban J connectivity index is 2.03. The second-order valence-electron chi connectivity index (χ2n) is 4.45. The molecule has 0 bridgehead atoms. The number of hydrogen-bond acceptors (Lipinski definition) is 2. The van der Waals surface area contributed by atoms with Gasteiger partial charge in [-0.25, -0.2) is 4.39 Å². The second kappa shape index (κ2) is 5.52. The van der Waals surface area contributed by atoms with Gasteiger partial charge in [0.2, 0.25) is 5.91 Å². The zero-order valence-corrected chi connectivity index (χ0v) is 10.6. The zero-order chi connectivity index (χ0) is 13.8. The van der Waals surface area contributed by atoms with Crippen LogP contribution in [0.5, 0.6) is 0 Å². The maximum Gasteiger partial charge on any atom is 0.228 e. The first-order valence-electron chi connectivity index (χ1n) is 5.95. The Morgan fingerprint density at radius 1 is 1.21 bits per heavy atom. The van der Waals surface area contributed by atoms with E-state index in [0.29, 0.717) is 5.69 Å². The van der Waals surface area contributed by atoms with E-state index in [4.69, 9.17) is 5.73 Å². The van der Waals surface area contributed by atoms with Crippen molar-refractivity contribution in [1.29, 1.82) is 0 Å². The molecule has 0 saturated carbocycles. The second-order valence-corrected chi connectivity index (χ2v) is 4.45. The van der Waals surface area contributed by atoms with Gasteiger partial charge in [0, 0.05) is 5.69 Å². The van der Waals surface area contributed by atoms with Gasteiger partial charge in [0.15, 0.2) is 0 Å². The molecule has 0 aliphatic carbocycles. The van der Waals surface area contributed by atoms with Crippen LogP contribution in [0.25, 0.3) is 0 Å². The third kappa shape index (κ3) is 3.55. The third-order valence-corrected chi connectivity index (χ3v) is 2.74. The molecular formula is C15H15FN2O. The quantitative estimate of drug-likeness (QED) is 0.832. The zero-order valence-electron chi connectivity index (χ0n) is 10.6. The number of rotatable bonds is 3. The van der Waals surface area contributed by atoms with Gasteiger partial charge in [0.1, 0.15) is 5.82 Å². The van der Waals surface area contributed by atoms with E-state index >= 15 is 0 Å². The summed E-state index contributed by atoms with van der Waals surface area (Å²) in [6, 6.07) is 11.7. The summed E-state index contributed by atoms with van der Waals surface area (Å²) in [6.07, 6.45) is 0.188. The molecule has 4 heteroatoms. The SMILES string of the molecule is Cc1ccc(NC(=O)Cc2ccc(N)cc2)c(F)c1. The summed E-state index contributed by atoms with van der Waals surface area (Å²) in [6.45, 7) is 1.79. The normalized spacial score (nSPS) is 10.2. The molecule has 2 rings (SSSR count). The molecule has 3 nitrogen and oxygen atoms in total. The van der Waals surface area contributed by atoms with Crippen molar-refractivity contribution < 1.29 is 9.18 Å². The number of amides is 1. The summed E-state index contributed by atoms with van der Waals surface area (Å²) >= 11 is 0. The fourth-order valence-corrected chi connectivity index (χ4v) is 1.74. The molecule has 0 fully saturated rings. The molecule has 98 valence electrons. The average molecular weight is 258 g/mol. The van der Waals surface area contributed by atoms with E-state index in [0.717, 1.165) is 11.1 Å². The average Bonchev–Trinajstić information content (AvgIpc) is 2.36. The number of benzene rings is 2. The summed E-state index contributed by atoms with van der Waals surface area (Å²) in [7, 11) is 0. The molecule has 0 unspecified atom stereocenters. The van der Waals surface area contributed by atoms with Crippen LogP contribution >= 0.6 is 0 Å². The van der Waals surface area contributed by atoms with E-state index in [1.807, 2.05) is 0 Å². The Morgan fingerprint density at radius 2 is 1.89 bits per heavy atom. The van der Waals surface area contributed by atoms with Gasteiger partial charge >= 0.3 is 0 Å². The minimum absolute atomic E-state index is 0.188. The van der Waals surface area contributed by atoms with Crippen molar-refractivity contribution in [2.75, 3.05) is 11.1 Å². The molecule has 3 N–H and O–H groups in total. The molecule has 0 radical (unpaired) electrons. The van der Waals surface area contributed by atoms with Gasteiger partial charge in [0.05, 0.1) is 12.1 Å². The lowest BCUT2D eigenvalue weighted by Crippen LogP contribution is -2.15. The van der Waals surface area contributed by atoms with E-state index in [-0.39, 0.29) is 18.0 Å². The molecule has 1 amide bonds. The Labute approximate surface area is 111 Å². The lowest BCUT2D eigenvalue weighted by Gasteiger charge is -2.07. The molecule has 19 heavy (non-hydrogen) atoms. The Hall–Kier alpha value is -2.36. The van der Waals surface area contributed by atoms with E-state index in [1.165, 1.54) is 6.07 Å². The standard InChI is InChI=1S/C15H15FN2O/c1-10-2-7-14(13(16)8-10)18-15(19)9-11-3-5-12(17)6-4-11/h2-8H,9,17H2,1H3,(H,18,19). The van der Waals surface area contributed by atoms with Crippen molar-refractivity contribution in [1.82, 2.24) is 0 Å². The largest absolute Gasteiger partial charge is 0.399 e. The van der Waals surface area contributed by atoms with Crippen LogP contribution in [0.4, 0.5) is 15.8 Å². The fourth-order valence-electron chi connectivity index (χ4n) is 1.74. The van der Waals surface area contributed by atoms with Crippen molar-refractivity contribution in [3.63, 3.8) is 0 Å². The molecule has 0 saturated heterocycles. The number of anilines is 2. The molecule has 0 spiro atoms. The van der Waals surface area contributed by atoms with Crippen LogP contribution in [0.3, 0.4) is 0 Å². The number of halogens is 1. The van der Waals surface area contributed by atoms with Gasteiger partial charge in [-0.05, 0) is 42.3 Å². The van der Waals surface area contributed by atoms with Gasteiger partial charge in [-0.1, -0.05) is 18.2 Å². The van der Waals surface area contributed by atoms with Crippen molar-refractivity contribution in [2.45, 2.75) is 13.3 Å². The minimum atomic E-state index is -0.425. The number of carbonyl (C=O) groups is 1. The maximum atomic E-state index is 13.6. The van der Waals surface area contributed by atoms with Crippen LogP contribution < -0.4 is 11.1 Å². The van der Waals surface area contributed by atoms with Crippen LogP contribution in [0.1, 0.15) is 11.1 Å². The highest BCUT2D eigenvalue weighted by molar-refractivity contribution is 5.92. The van der Waals surface area contributed by atoms with Crippen LogP contribution in [-0.4, -0.2) is 5.91 Å². The third-order valence-electron chi connectivity index (χ3n) is 2.74. The summed E-state index contributed by atoms with van der Waals surface area (Å²) in [5.41, 5.74) is 8.06. The number of nitrogen functional groups attached to an aromatic ring is 1. The number of carbonyl (C=O) groups excluding carboxylic acids is 1. The van der Waals surface area contributed by atoms with Gasteiger partial charge in [0.25, 0.3) is 0 Å². The lowest BCUT2D eigenvalue weighted by molar-refractivity contribution is -0.115. The number of aryl methyl sites for hydroxylation is 1. The molecule has 0 aliphatic heterocycles. The molecular weight excluding hydrogens is 243 g/mol. The van der Waals surface area contributed by atoms with Crippen molar-refractivity contribution >= 4 is 17.3 Å². The first kappa shape index (κ1) is 13.1. The first-order chi connectivity index (χ1) is 9.04. The Morgan fingerprint density at radius 3 is 2.53 bits per heavy atom. The van der Waals surface area contributed by atoms with Gasteiger partial charge in [-0.2, -0.15) is 0 Å². The molecule has 0 atom stereocenters. The highest BCUT2D eigenvalue weighted by Crippen LogP contribution is 2.16. The van der Waals surface area contributed by atoms with Crippen LogP contribution in [0.15, 0.2) is 42.5 Å². The Bertz CT molecular complexity index is 594. The summed E-state index contributed by atoms with van der Waals surface area (Å²) in [5.74, 6) is -0.682. The van der Waals surface area contributed by atoms with Crippen molar-refractivity contribution in [3.05, 3.63) is 59.4 Å². The van der Waals surface area contributed by atoms with E-state index in [2.05, 4.69) is 5.32 Å². The summed E-state index contributed by atoms with van der Waals surface area (Å²) in [5, 5.41) is 2.56. The topological polar surface area (TPSA) is 55.1 Å². The van der Waals surface area contributed by atoms with E-state index in [9.17, 15) is 9.18 Å². The predicted octanol–water partition coefficient (Wildman–Crippen LogP) is 2.90. The van der Waals surface area contributed by atoms with Gasteiger partial charge in [-0.15, -0.1) is 0 Å². The smallest absolute Gasteiger partial charge is 0.228 e. The van der Waals surface area contributed by atoms with Crippen molar-refractivity contribution in [2.24, 2.45) is 0 Å². The van der Waals surface area contributed by atoms with Crippen LogP contribution in [0.2, 0.25) is 0 Å². The molecule has 0 aromatic heterocycles. The fraction of sp³-hybridized carbons (Fsp3) is 0.133. The Kier molecular flexibility index (Phi) is 3.80. The highest BCUT2D eigenvalue weighted by Gasteiger charge is 2.07. The van der Waals surface area contributed by atoms with Gasteiger partial charge in [-0.3, -0.25) is 4.79 Å². The molecule has 2 aromatic carbocycles. The van der Waals surface area contributed by atoms with Crippen LogP contribution in [0, 0.1) is 12.7 Å². The number of nitrogens with two attached hydrogens (primary N) is 1. The highest BCUT2D eigenvalue weighted by atomic mass is 19.1. The van der Waals surface area contributed by atoms with Crippen molar-refractivity contribution in [3.8, 4) is 0 Å². The lowest BCUT2D eigenvalue weighted by atomic mass is 10.1. The molecule has 0 heterocycles. The van der Waals surface area contributed by atoms with E-state index < -0.39 is 5.82 Å². The first-order valence-corrected chi connectivity index (χ1v) is 5.95. The van der Waals surface area contributed by atoms with Crippen LogP contribution in [-0.2, 0) is 11.2 Å². The van der Waals surface area contributed by atoms with Gasteiger partial charge < -0.3 is 11.1 Å². The number of hydrogen-bond donors (Lipinski definition) is 2.